The SMILES string of the molecule is CNCC(CC(C)C)NC(=O)N1CCCC(C(O)(CCCCOC)c2cc(F)ccc2Oc2ccccc2)C1. The monoisotopic (exact) mass is 543 g/mol. The number of rotatable bonds is 14. The Morgan fingerprint density at radius 3 is 2.67 bits per heavy atom. The summed E-state index contributed by atoms with van der Waals surface area (Å²) in [6, 6.07) is 13.5. The summed E-state index contributed by atoms with van der Waals surface area (Å²) >= 11 is 0. The van der Waals surface area contributed by atoms with E-state index in [1.54, 1.807) is 18.1 Å². The van der Waals surface area contributed by atoms with Gasteiger partial charge >= 0.3 is 6.03 Å². The number of benzene rings is 2. The number of para-hydroxylation sites is 1. The number of ether oxygens (including phenoxy) is 2. The van der Waals surface area contributed by atoms with E-state index in [9.17, 15) is 14.3 Å². The average molecular weight is 544 g/mol. The van der Waals surface area contributed by atoms with Crippen LogP contribution in [0.5, 0.6) is 11.5 Å². The van der Waals surface area contributed by atoms with E-state index in [1.165, 1.54) is 12.1 Å². The zero-order valence-electron chi connectivity index (χ0n) is 23.9. The number of carbonyl (C=O) groups excluding carboxylic acids is 1. The number of carbonyl (C=O) groups is 1. The number of likely N-dealkylation sites (tertiary alicyclic amines) is 1. The van der Waals surface area contributed by atoms with Gasteiger partial charge < -0.3 is 30.1 Å². The number of methoxy groups -OCH3 is 1. The van der Waals surface area contributed by atoms with Gasteiger partial charge in [-0.15, -0.1) is 0 Å². The third kappa shape index (κ3) is 8.92. The number of piperidine rings is 1. The number of halogens is 1. The molecule has 0 aromatic heterocycles. The van der Waals surface area contributed by atoms with E-state index in [1.807, 2.05) is 37.4 Å². The first kappa shape index (κ1) is 30.9. The number of likely N-dealkylation sites (N-methyl/N-ethyl adjacent to an activating group) is 1. The van der Waals surface area contributed by atoms with Crippen molar-refractivity contribution in [3.8, 4) is 11.5 Å². The van der Waals surface area contributed by atoms with Crippen molar-refractivity contribution in [2.45, 2.75) is 64.0 Å². The first-order valence-corrected chi connectivity index (χ1v) is 14.2. The Morgan fingerprint density at radius 2 is 1.97 bits per heavy atom. The molecular weight excluding hydrogens is 497 g/mol. The fourth-order valence-electron chi connectivity index (χ4n) is 5.57. The number of aliphatic hydroxyl groups is 1. The van der Waals surface area contributed by atoms with Crippen molar-refractivity contribution in [3.63, 3.8) is 0 Å². The highest BCUT2D eigenvalue weighted by Crippen LogP contribution is 2.44. The van der Waals surface area contributed by atoms with E-state index in [0.717, 1.165) is 25.7 Å². The highest BCUT2D eigenvalue weighted by Gasteiger charge is 2.43. The molecule has 2 amide bonds. The molecule has 3 N–H and O–H groups in total. The summed E-state index contributed by atoms with van der Waals surface area (Å²) in [5.74, 6) is 0.759. The van der Waals surface area contributed by atoms with Gasteiger partial charge in [0.05, 0.1) is 5.60 Å². The van der Waals surface area contributed by atoms with Crippen molar-refractivity contribution in [2.75, 3.05) is 40.4 Å². The molecular formula is C31H46FN3O4. The van der Waals surface area contributed by atoms with Crippen molar-refractivity contribution in [1.29, 1.82) is 0 Å². The highest BCUT2D eigenvalue weighted by molar-refractivity contribution is 5.74. The van der Waals surface area contributed by atoms with Crippen LogP contribution in [-0.2, 0) is 10.3 Å². The van der Waals surface area contributed by atoms with Gasteiger partial charge in [0.2, 0.25) is 0 Å². The number of hydrogen-bond donors (Lipinski definition) is 3. The van der Waals surface area contributed by atoms with Gasteiger partial charge in [0.1, 0.15) is 17.3 Å². The molecule has 1 aliphatic heterocycles. The number of nitrogens with one attached hydrogen (secondary N) is 2. The lowest BCUT2D eigenvalue weighted by molar-refractivity contribution is -0.0577. The quantitative estimate of drug-likeness (QED) is 0.267. The van der Waals surface area contributed by atoms with Gasteiger partial charge in [0.25, 0.3) is 0 Å². The maximum atomic E-state index is 14.7. The lowest BCUT2D eigenvalue weighted by atomic mass is 9.73. The molecule has 1 saturated heterocycles. The van der Waals surface area contributed by atoms with Crippen LogP contribution < -0.4 is 15.4 Å². The highest BCUT2D eigenvalue weighted by atomic mass is 19.1. The summed E-state index contributed by atoms with van der Waals surface area (Å²) in [6.45, 7) is 6.55. The molecule has 3 atom stereocenters. The molecule has 3 rings (SSSR count). The van der Waals surface area contributed by atoms with E-state index in [-0.39, 0.29) is 18.0 Å². The molecule has 0 spiro atoms. The van der Waals surface area contributed by atoms with Gasteiger partial charge in [0, 0.05) is 50.9 Å². The summed E-state index contributed by atoms with van der Waals surface area (Å²) in [5.41, 5.74) is -0.967. The van der Waals surface area contributed by atoms with Crippen LogP contribution in [-0.4, -0.2) is 62.5 Å². The van der Waals surface area contributed by atoms with Crippen molar-refractivity contribution in [2.24, 2.45) is 11.8 Å². The Balaban J connectivity index is 1.89. The Morgan fingerprint density at radius 1 is 1.21 bits per heavy atom. The van der Waals surface area contributed by atoms with Crippen LogP contribution in [0.25, 0.3) is 0 Å². The lowest BCUT2D eigenvalue weighted by Crippen LogP contribution is -2.54. The fraction of sp³-hybridized carbons (Fsp3) is 0.581. The third-order valence-electron chi connectivity index (χ3n) is 7.45. The zero-order chi connectivity index (χ0) is 28.3. The Hall–Kier alpha value is -2.68. The minimum Gasteiger partial charge on any atom is -0.457 e. The fourth-order valence-corrected chi connectivity index (χ4v) is 5.57. The number of unbranched alkanes of at least 4 members (excludes halogenated alkanes) is 1. The summed E-state index contributed by atoms with van der Waals surface area (Å²) in [4.78, 5) is 15.1. The van der Waals surface area contributed by atoms with Crippen LogP contribution in [0.3, 0.4) is 0 Å². The maximum Gasteiger partial charge on any atom is 0.317 e. The molecule has 0 aliphatic carbocycles. The first-order chi connectivity index (χ1) is 18.8. The largest absolute Gasteiger partial charge is 0.457 e. The number of amides is 2. The minimum atomic E-state index is -1.39. The second-order valence-corrected chi connectivity index (χ2v) is 11.0. The second kappa shape index (κ2) is 15.2. The minimum absolute atomic E-state index is 0.0184. The maximum absolute atomic E-state index is 14.7. The normalized spacial score (nSPS) is 18.0. The molecule has 1 heterocycles. The molecule has 0 saturated carbocycles. The van der Waals surface area contributed by atoms with E-state index in [0.29, 0.717) is 62.1 Å². The molecule has 8 heteroatoms. The van der Waals surface area contributed by atoms with Crippen LogP contribution in [0, 0.1) is 17.7 Å². The molecule has 2 aromatic carbocycles. The Kier molecular flexibility index (Phi) is 12.0. The van der Waals surface area contributed by atoms with Gasteiger partial charge in [-0.3, -0.25) is 0 Å². The van der Waals surface area contributed by atoms with E-state index in [4.69, 9.17) is 9.47 Å². The van der Waals surface area contributed by atoms with Crippen LogP contribution >= 0.6 is 0 Å². The molecule has 3 unspecified atom stereocenters. The second-order valence-electron chi connectivity index (χ2n) is 11.0. The van der Waals surface area contributed by atoms with Crippen LogP contribution in [0.15, 0.2) is 48.5 Å². The van der Waals surface area contributed by atoms with Crippen molar-refractivity contribution >= 4 is 6.03 Å². The van der Waals surface area contributed by atoms with Gasteiger partial charge in [-0.2, -0.15) is 0 Å². The standard InChI is InChI=1S/C31H46FN3O4/c1-23(2)19-26(21-33-3)34-30(36)35-17-10-11-24(22-35)31(37,16-8-9-18-38-4)28-20-25(32)14-15-29(28)39-27-12-6-5-7-13-27/h5-7,12-15,20,23-24,26,33,37H,8-11,16-19,21-22H2,1-4H3,(H,34,36). The zero-order valence-corrected chi connectivity index (χ0v) is 23.9. The van der Waals surface area contributed by atoms with E-state index >= 15 is 0 Å². The lowest BCUT2D eigenvalue weighted by Gasteiger charge is -2.43. The van der Waals surface area contributed by atoms with Crippen molar-refractivity contribution in [1.82, 2.24) is 15.5 Å². The number of urea groups is 1. The predicted molar refractivity (Wildman–Crippen MR) is 153 cm³/mol. The van der Waals surface area contributed by atoms with Gasteiger partial charge in [0.15, 0.2) is 0 Å². The topological polar surface area (TPSA) is 83.1 Å². The average Bonchev–Trinajstić information content (AvgIpc) is 2.92. The molecule has 1 aliphatic rings. The summed E-state index contributed by atoms with van der Waals surface area (Å²) < 4.78 is 26.1. The Labute approximate surface area is 233 Å². The summed E-state index contributed by atoms with van der Waals surface area (Å²) in [7, 11) is 3.54. The van der Waals surface area contributed by atoms with Crippen molar-refractivity contribution < 1.29 is 23.8 Å². The molecule has 7 nitrogen and oxygen atoms in total. The van der Waals surface area contributed by atoms with Gasteiger partial charge in [-0.05, 0) is 81.8 Å². The molecule has 0 bridgehead atoms. The summed E-state index contributed by atoms with van der Waals surface area (Å²) in [6.07, 6.45) is 4.20. The first-order valence-electron chi connectivity index (χ1n) is 14.2. The Bertz CT molecular complexity index is 1020. The number of hydrogen-bond acceptors (Lipinski definition) is 5. The molecule has 1 fully saturated rings. The smallest absolute Gasteiger partial charge is 0.317 e. The number of nitrogens with zero attached hydrogens (tertiary/aromatic N) is 1. The third-order valence-corrected chi connectivity index (χ3v) is 7.45. The van der Waals surface area contributed by atoms with E-state index < -0.39 is 11.4 Å². The van der Waals surface area contributed by atoms with E-state index in [2.05, 4.69) is 24.5 Å². The van der Waals surface area contributed by atoms with Gasteiger partial charge in [-0.25, -0.2) is 9.18 Å². The molecule has 0 radical (unpaired) electrons. The van der Waals surface area contributed by atoms with Crippen LogP contribution in [0.2, 0.25) is 0 Å². The van der Waals surface area contributed by atoms with Gasteiger partial charge in [-0.1, -0.05) is 32.0 Å². The molecule has 2 aromatic rings. The molecule has 39 heavy (non-hydrogen) atoms. The van der Waals surface area contributed by atoms with Crippen molar-refractivity contribution in [3.05, 3.63) is 59.9 Å². The predicted octanol–water partition coefficient (Wildman–Crippen LogP) is 5.68. The summed E-state index contributed by atoms with van der Waals surface area (Å²) in [5, 5.41) is 18.8. The van der Waals surface area contributed by atoms with Crippen LogP contribution in [0.1, 0.15) is 57.9 Å². The molecule has 216 valence electrons. The van der Waals surface area contributed by atoms with Crippen LogP contribution in [0.4, 0.5) is 9.18 Å².